The Kier molecular flexibility index (Phi) is 10.0. The molecule has 0 aromatic heterocycles. The maximum atomic E-state index is 12.3. The van der Waals surface area contributed by atoms with Crippen LogP contribution in [0.4, 0.5) is 5.69 Å². The second-order valence-electron chi connectivity index (χ2n) is 7.54. The molecule has 0 fully saturated rings. The Morgan fingerprint density at radius 3 is 2.32 bits per heavy atom. The van der Waals surface area contributed by atoms with Crippen LogP contribution in [0.15, 0.2) is 48.5 Å². The topological polar surface area (TPSA) is 70.7 Å². The Hall–Kier alpha value is -2.86. The normalized spacial score (nSPS) is 11.8. The van der Waals surface area contributed by atoms with Crippen molar-refractivity contribution in [1.29, 1.82) is 0 Å². The standard InChI is InChI=1S/C25H35N3O3/c1-5-19(4)22-10-8-9-11-23(22)31-18-24(29)27-21-14-12-20(13-15-21)25(30)26-16-17-28(6-2)7-3/h8-15,19H,5-7,16-18H2,1-4H3,(H,26,30)(H,27,29). The molecule has 168 valence electrons. The molecule has 0 aliphatic heterocycles. The summed E-state index contributed by atoms with van der Waals surface area (Å²) in [5, 5.41) is 5.74. The summed E-state index contributed by atoms with van der Waals surface area (Å²) in [4.78, 5) is 26.8. The number of likely N-dealkylation sites (N-methyl/N-ethyl adjacent to an activating group) is 1. The molecule has 1 atom stereocenters. The fraction of sp³-hybridized carbons (Fsp3) is 0.440. The summed E-state index contributed by atoms with van der Waals surface area (Å²) in [6, 6.07) is 14.7. The van der Waals surface area contributed by atoms with E-state index in [0.717, 1.165) is 37.4 Å². The highest BCUT2D eigenvalue weighted by Crippen LogP contribution is 2.28. The molecule has 0 radical (unpaired) electrons. The molecule has 2 aromatic rings. The highest BCUT2D eigenvalue weighted by atomic mass is 16.5. The van der Waals surface area contributed by atoms with Crippen LogP contribution in [0, 0.1) is 0 Å². The predicted octanol–water partition coefficient (Wildman–Crippen LogP) is 4.29. The molecular weight excluding hydrogens is 390 g/mol. The third kappa shape index (κ3) is 7.72. The number of para-hydroxylation sites is 1. The Morgan fingerprint density at radius 1 is 1.00 bits per heavy atom. The van der Waals surface area contributed by atoms with Crippen molar-refractivity contribution in [1.82, 2.24) is 10.2 Å². The van der Waals surface area contributed by atoms with Crippen molar-refractivity contribution < 1.29 is 14.3 Å². The number of carbonyl (C=O) groups excluding carboxylic acids is 2. The van der Waals surface area contributed by atoms with Crippen molar-refractivity contribution in [2.24, 2.45) is 0 Å². The molecule has 1 unspecified atom stereocenters. The molecule has 0 saturated heterocycles. The summed E-state index contributed by atoms with van der Waals surface area (Å²) in [7, 11) is 0. The van der Waals surface area contributed by atoms with Gasteiger partial charge in [0.1, 0.15) is 5.75 Å². The second-order valence-corrected chi connectivity index (χ2v) is 7.54. The van der Waals surface area contributed by atoms with Gasteiger partial charge in [0.2, 0.25) is 0 Å². The van der Waals surface area contributed by atoms with Crippen LogP contribution in [-0.2, 0) is 4.79 Å². The minimum atomic E-state index is -0.240. The van der Waals surface area contributed by atoms with Crippen LogP contribution in [0.2, 0.25) is 0 Å². The lowest BCUT2D eigenvalue weighted by atomic mass is 9.98. The van der Waals surface area contributed by atoms with E-state index in [1.165, 1.54) is 0 Å². The van der Waals surface area contributed by atoms with Crippen molar-refractivity contribution in [3.63, 3.8) is 0 Å². The van der Waals surface area contributed by atoms with Crippen LogP contribution in [0.25, 0.3) is 0 Å². The largest absolute Gasteiger partial charge is 0.483 e. The van der Waals surface area contributed by atoms with Crippen LogP contribution >= 0.6 is 0 Å². The van der Waals surface area contributed by atoms with Crippen molar-refractivity contribution >= 4 is 17.5 Å². The maximum Gasteiger partial charge on any atom is 0.262 e. The van der Waals surface area contributed by atoms with Gasteiger partial charge in [-0.15, -0.1) is 0 Å². The van der Waals surface area contributed by atoms with Crippen LogP contribution in [-0.4, -0.2) is 49.5 Å². The van der Waals surface area contributed by atoms with Gasteiger partial charge in [-0.25, -0.2) is 0 Å². The number of nitrogens with one attached hydrogen (secondary N) is 2. The van der Waals surface area contributed by atoms with Gasteiger partial charge in [-0.3, -0.25) is 9.59 Å². The zero-order chi connectivity index (χ0) is 22.6. The number of carbonyl (C=O) groups is 2. The van der Waals surface area contributed by atoms with E-state index in [9.17, 15) is 9.59 Å². The van der Waals surface area contributed by atoms with Crippen molar-refractivity contribution in [2.75, 3.05) is 38.1 Å². The Bertz CT molecular complexity index is 832. The molecule has 2 aromatic carbocycles. The first kappa shape index (κ1) is 24.4. The quantitative estimate of drug-likeness (QED) is 0.532. The van der Waals surface area contributed by atoms with Crippen molar-refractivity contribution in [3.8, 4) is 5.75 Å². The molecular formula is C25H35N3O3. The third-order valence-electron chi connectivity index (χ3n) is 5.46. The molecule has 0 heterocycles. The summed E-state index contributed by atoms with van der Waals surface area (Å²) in [6.45, 7) is 11.8. The minimum absolute atomic E-state index is 0.0684. The number of rotatable bonds is 12. The SMILES string of the molecule is CCC(C)c1ccccc1OCC(=O)Nc1ccc(C(=O)NCCN(CC)CC)cc1. The zero-order valence-electron chi connectivity index (χ0n) is 19.1. The van der Waals surface area contributed by atoms with Gasteiger partial charge in [-0.2, -0.15) is 0 Å². The lowest BCUT2D eigenvalue weighted by molar-refractivity contribution is -0.118. The monoisotopic (exact) mass is 425 g/mol. The fourth-order valence-electron chi connectivity index (χ4n) is 3.25. The summed E-state index contributed by atoms with van der Waals surface area (Å²) in [5.74, 6) is 0.749. The lowest BCUT2D eigenvalue weighted by Crippen LogP contribution is -2.34. The third-order valence-corrected chi connectivity index (χ3v) is 5.46. The van der Waals surface area contributed by atoms with E-state index in [0.29, 0.717) is 23.7 Å². The number of nitrogens with zero attached hydrogens (tertiary/aromatic N) is 1. The average Bonchev–Trinajstić information content (AvgIpc) is 2.80. The van der Waals surface area contributed by atoms with Gasteiger partial charge >= 0.3 is 0 Å². The molecule has 0 bridgehead atoms. The van der Waals surface area contributed by atoms with Crippen LogP contribution in [0.3, 0.4) is 0 Å². The number of benzene rings is 2. The van der Waals surface area contributed by atoms with E-state index in [1.807, 2.05) is 24.3 Å². The molecule has 0 saturated carbocycles. The van der Waals surface area contributed by atoms with Crippen molar-refractivity contribution in [3.05, 3.63) is 59.7 Å². The number of amides is 2. The van der Waals surface area contributed by atoms with Gasteiger partial charge in [0.25, 0.3) is 11.8 Å². The van der Waals surface area contributed by atoms with Gasteiger partial charge < -0.3 is 20.3 Å². The van der Waals surface area contributed by atoms with Gasteiger partial charge in [-0.05, 0) is 61.3 Å². The van der Waals surface area contributed by atoms with Crippen LogP contribution in [0.1, 0.15) is 56.0 Å². The maximum absolute atomic E-state index is 12.3. The first-order valence-electron chi connectivity index (χ1n) is 11.1. The minimum Gasteiger partial charge on any atom is -0.483 e. The molecule has 0 aliphatic rings. The van der Waals surface area contributed by atoms with E-state index in [-0.39, 0.29) is 18.4 Å². The van der Waals surface area contributed by atoms with E-state index in [1.54, 1.807) is 24.3 Å². The van der Waals surface area contributed by atoms with Gasteiger partial charge in [0.15, 0.2) is 6.61 Å². The van der Waals surface area contributed by atoms with E-state index in [2.05, 4.69) is 43.2 Å². The summed E-state index contributed by atoms with van der Waals surface area (Å²) in [5.41, 5.74) is 2.30. The smallest absolute Gasteiger partial charge is 0.262 e. The molecule has 6 nitrogen and oxygen atoms in total. The Morgan fingerprint density at radius 2 is 1.68 bits per heavy atom. The molecule has 31 heavy (non-hydrogen) atoms. The molecule has 2 amide bonds. The number of ether oxygens (including phenoxy) is 1. The van der Waals surface area contributed by atoms with Gasteiger partial charge in [0.05, 0.1) is 0 Å². The van der Waals surface area contributed by atoms with E-state index >= 15 is 0 Å². The average molecular weight is 426 g/mol. The highest BCUT2D eigenvalue weighted by molar-refractivity contribution is 5.96. The second kappa shape index (κ2) is 12.7. The van der Waals surface area contributed by atoms with E-state index < -0.39 is 0 Å². The number of anilines is 1. The lowest BCUT2D eigenvalue weighted by Gasteiger charge is -2.18. The molecule has 6 heteroatoms. The number of hydrogen-bond acceptors (Lipinski definition) is 4. The first-order chi connectivity index (χ1) is 15.0. The van der Waals surface area contributed by atoms with E-state index in [4.69, 9.17) is 4.74 Å². The highest BCUT2D eigenvalue weighted by Gasteiger charge is 2.12. The van der Waals surface area contributed by atoms with Crippen LogP contribution in [0.5, 0.6) is 5.75 Å². The molecule has 0 spiro atoms. The summed E-state index contributed by atoms with van der Waals surface area (Å²) < 4.78 is 5.76. The Balaban J connectivity index is 1.83. The number of hydrogen-bond donors (Lipinski definition) is 2. The Labute approximate surface area is 186 Å². The van der Waals surface area contributed by atoms with Gasteiger partial charge in [0, 0.05) is 24.3 Å². The summed E-state index contributed by atoms with van der Waals surface area (Å²) >= 11 is 0. The molecule has 0 aliphatic carbocycles. The summed E-state index contributed by atoms with van der Waals surface area (Å²) in [6.07, 6.45) is 1.00. The van der Waals surface area contributed by atoms with Gasteiger partial charge in [-0.1, -0.05) is 45.9 Å². The zero-order valence-corrected chi connectivity index (χ0v) is 19.1. The fourth-order valence-corrected chi connectivity index (χ4v) is 3.25. The molecule has 2 N–H and O–H groups in total. The molecule has 2 rings (SSSR count). The van der Waals surface area contributed by atoms with Crippen LogP contribution < -0.4 is 15.4 Å². The predicted molar refractivity (Wildman–Crippen MR) is 126 cm³/mol. The first-order valence-corrected chi connectivity index (χ1v) is 11.1. The van der Waals surface area contributed by atoms with Crippen molar-refractivity contribution in [2.45, 2.75) is 40.0 Å².